The van der Waals surface area contributed by atoms with E-state index in [4.69, 9.17) is 14.2 Å². The molecule has 3 heterocycles. The maximum Gasteiger partial charge on any atom is 0.408 e. The first-order valence-corrected chi connectivity index (χ1v) is 15.5. The lowest BCUT2D eigenvalue weighted by Gasteiger charge is -2.35. The van der Waals surface area contributed by atoms with E-state index in [1.165, 1.54) is 18.9 Å². The quantitative estimate of drug-likeness (QED) is 0.441. The summed E-state index contributed by atoms with van der Waals surface area (Å²) in [6.45, 7) is 8.61. The number of pyridine rings is 1. The Morgan fingerprint density at radius 3 is 2.55 bits per heavy atom. The fourth-order valence-corrected chi connectivity index (χ4v) is 6.52. The lowest BCUT2D eigenvalue weighted by atomic mass is 9.85. The van der Waals surface area contributed by atoms with Crippen LogP contribution in [0.25, 0.3) is 10.9 Å². The highest BCUT2D eigenvalue weighted by Crippen LogP contribution is 2.43. The van der Waals surface area contributed by atoms with Crippen LogP contribution in [0.15, 0.2) is 24.3 Å². The maximum atomic E-state index is 15.9. The average molecular weight is 616 g/mol. The molecule has 0 radical (unpaired) electrons. The van der Waals surface area contributed by atoms with Crippen molar-refractivity contribution in [3.63, 3.8) is 0 Å². The molecule has 1 saturated carbocycles. The van der Waals surface area contributed by atoms with Gasteiger partial charge < -0.3 is 24.4 Å². The van der Waals surface area contributed by atoms with Gasteiger partial charge >= 0.3 is 6.09 Å². The Balaban J connectivity index is 1.55. The van der Waals surface area contributed by atoms with Gasteiger partial charge in [0.2, 0.25) is 5.91 Å². The number of hydrogen-bond donors (Lipinski definition) is 1. The molecule has 3 aliphatic rings. The molecule has 6 atom stereocenters. The molecule has 1 aliphatic carbocycles. The van der Waals surface area contributed by atoms with Crippen molar-refractivity contribution in [1.82, 2.24) is 15.2 Å². The number of alkyl carbamates (subject to hydrolysis) is 1. The summed E-state index contributed by atoms with van der Waals surface area (Å²) in [5.41, 5.74) is -0.787. The van der Waals surface area contributed by atoms with E-state index in [0.29, 0.717) is 29.5 Å². The van der Waals surface area contributed by atoms with Crippen LogP contribution in [0.3, 0.4) is 0 Å². The number of ether oxygens (including phenoxy) is 3. The molecule has 1 saturated heterocycles. The summed E-state index contributed by atoms with van der Waals surface area (Å²) in [7, 11) is 1.52. The average Bonchev–Trinajstić information content (AvgIpc) is 3.59. The predicted octanol–water partition coefficient (Wildman–Crippen LogP) is 6.01. The van der Waals surface area contributed by atoms with E-state index >= 15 is 8.78 Å². The third-order valence-corrected chi connectivity index (χ3v) is 9.17. The van der Waals surface area contributed by atoms with Gasteiger partial charge in [0.25, 0.3) is 5.92 Å². The number of nitrogens with zero attached hydrogens (tertiary/aromatic N) is 2. The molecule has 2 aliphatic heterocycles. The minimum absolute atomic E-state index is 0.0284. The van der Waals surface area contributed by atoms with Crippen molar-refractivity contribution >= 4 is 28.7 Å². The number of carbonyl (C=O) groups is 3. The van der Waals surface area contributed by atoms with E-state index in [1.54, 1.807) is 31.2 Å². The number of fused-ring (bicyclic) bond motifs is 5. The molecule has 2 aromatic rings. The molecule has 0 spiro atoms. The zero-order chi connectivity index (χ0) is 32.0. The van der Waals surface area contributed by atoms with E-state index in [0.717, 1.165) is 12.8 Å². The second-order valence-electron chi connectivity index (χ2n) is 13.6. The van der Waals surface area contributed by atoms with Crippen molar-refractivity contribution < 1.29 is 37.4 Å². The van der Waals surface area contributed by atoms with Gasteiger partial charge in [0.05, 0.1) is 25.2 Å². The number of benzene rings is 1. The van der Waals surface area contributed by atoms with Gasteiger partial charge in [-0.1, -0.05) is 40.5 Å². The highest BCUT2D eigenvalue weighted by Gasteiger charge is 2.50. The molecule has 0 unspecified atom stereocenters. The Labute approximate surface area is 257 Å². The highest BCUT2D eigenvalue weighted by molar-refractivity contribution is 5.92. The van der Waals surface area contributed by atoms with Crippen LogP contribution in [0.2, 0.25) is 0 Å². The SMILES string of the molecule is COc1ccc2nc3c(cc2c1)O[C@H]1CN(C(=O)[C@H](C(C)(C)C)NC(=O)O[C@@H]2C[C@H]2CCCCCC3(F)F)[C@H](C(C)=O)[C@@H]1C. The number of aromatic nitrogens is 1. The number of nitrogens with one attached hydrogen (secondary N) is 1. The summed E-state index contributed by atoms with van der Waals surface area (Å²) in [6.07, 6.45) is 0.979. The summed E-state index contributed by atoms with van der Waals surface area (Å²) in [5, 5.41) is 3.33. The Morgan fingerprint density at radius 1 is 1.11 bits per heavy atom. The molecule has 1 N–H and O–H groups in total. The number of ketones is 1. The Morgan fingerprint density at radius 2 is 1.86 bits per heavy atom. The Hall–Kier alpha value is -3.50. The molecule has 1 aromatic heterocycles. The smallest absolute Gasteiger partial charge is 0.408 e. The van der Waals surface area contributed by atoms with Gasteiger partial charge in [0.15, 0.2) is 11.5 Å². The van der Waals surface area contributed by atoms with Crippen LogP contribution in [0.4, 0.5) is 13.6 Å². The van der Waals surface area contributed by atoms with Gasteiger partial charge in [0, 0.05) is 17.7 Å². The molecule has 9 nitrogen and oxygen atoms in total. The standard InChI is InChI=1S/C33H43F2N3O6/c1-18-26-17-38(27(18)19(2)39)30(40)29(32(3,4)5)37-31(41)44-24-15-20(24)10-8-7-9-13-33(34,35)28-25(43-26)16-21-14-22(42-6)11-12-23(21)36-28/h11-12,14,16,18,20,24,26-27,29H,7-10,13,15,17H2,1-6H3,(H,37,41)/t18-,20-,24-,26+,27+,29-/m1/s1. The number of Topliss-reactive ketones (excluding diaryl/α,β-unsaturated/α-hetero) is 1. The highest BCUT2D eigenvalue weighted by atomic mass is 19.3. The van der Waals surface area contributed by atoms with Crippen LogP contribution in [-0.4, -0.2) is 65.6 Å². The monoisotopic (exact) mass is 615 g/mol. The largest absolute Gasteiger partial charge is 0.497 e. The molecule has 1 aromatic carbocycles. The maximum absolute atomic E-state index is 15.9. The molecule has 2 amide bonds. The van der Waals surface area contributed by atoms with Gasteiger partial charge in [-0.25, -0.2) is 9.78 Å². The van der Waals surface area contributed by atoms with Gasteiger partial charge in [-0.3, -0.25) is 9.59 Å². The molecular formula is C33H43F2N3O6. The number of hydrogen-bond acceptors (Lipinski definition) is 7. The Bertz CT molecular complexity index is 1430. The van der Waals surface area contributed by atoms with E-state index in [1.807, 2.05) is 20.8 Å². The van der Waals surface area contributed by atoms with Crippen molar-refractivity contribution in [1.29, 1.82) is 0 Å². The summed E-state index contributed by atoms with van der Waals surface area (Å²) >= 11 is 0. The number of halogens is 2. The zero-order valence-electron chi connectivity index (χ0n) is 26.3. The fourth-order valence-electron chi connectivity index (χ4n) is 6.52. The van der Waals surface area contributed by atoms with Crippen molar-refractivity contribution in [2.75, 3.05) is 13.7 Å². The zero-order valence-corrected chi connectivity index (χ0v) is 26.3. The van der Waals surface area contributed by atoms with Crippen LogP contribution in [0.1, 0.15) is 78.8 Å². The minimum atomic E-state index is -3.28. The van der Waals surface area contributed by atoms with Crippen LogP contribution in [0.5, 0.6) is 11.5 Å². The lowest BCUT2D eigenvalue weighted by molar-refractivity contribution is -0.141. The molecule has 2 bridgehead atoms. The summed E-state index contributed by atoms with van der Waals surface area (Å²) in [4.78, 5) is 45.7. The predicted molar refractivity (Wildman–Crippen MR) is 160 cm³/mol. The summed E-state index contributed by atoms with van der Waals surface area (Å²) < 4.78 is 49.1. The van der Waals surface area contributed by atoms with E-state index < -0.39 is 59.6 Å². The number of amides is 2. The lowest BCUT2D eigenvalue weighted by Crippen LogP contribution is -2.57. The molecule has 11 heteroatoms. The molecule has 44 heavy (non-hydrogen) atoms. The number of methoxy groups -OCH3 is 1. The minimum Gasteiger partial charge on any atom is -0.497 e. The van der Waals surface area contributed by atoms with Crippen LogP contribution < -0.4 is 14.8 Å². The van der Waals surface area contributed by atoms with Gasteiger partial charge in [0.1, 0.15) is 29.7 Å². The topological polar surface area (TPSA) is 107 Å². The van der Waals surface area contributed by atoms with Gasteiger partial charge in [-0.2, -0.15) is 8.78 Å². The van der Waals surface area contributed by atoms with Crippen molar-refractivity contribution in [2.24, 2.45) is 17.3 Å². The first kappa shape index (κ1) is 31.9. The van der Waals surface area contributed by atoms with E-state index in [9.17, 15) is 14.4 Å². The van der Waals surface area contributed by atoms with Crippen molar-refractivity contribution in [3.05, 3.63) is 30.0 Å². The summed E-state index contributed by atoms with van der Waals surface area (Å²) in [6, 6.07) is 4.69. The second kappa shape index (κ2) is 12.1. The summed E-state index contributed by atoms with van der Waals surface area (Å²) in [5.74, 6) is -3.88. The molecule has 5 rings (SSSR count). The molecule has 2 fully saturated rings. The van der Waals surface area contributed by atoms with Crippen LogP contribution in [0, 0.1) is 17.3 Å². The van der Waals surface area contributed by atoms with Crippen molar-refractivity contribution in [3.8, 4) is 11.5 Å². The first-order chi connectivity index (χ1) is 20.7. The second-order valence-corrected chi connectivity index (χ2v) is 13.6. The van der Waals surface area contributed by atoms with Gasteiger partial charge in [-0.15, -0.1) is 0 Å². The van der Waals surface area contributed by atoms with E-state index in [2.05, 4.69) is 10.3 Å². The van der Waals surface area contributed by atoms with E-state index in [-0.39, 0.29) is 36.5 Å². The van der Waals surface area contributed by atoms with Gasteiger partial charge in [-0.05, 0) is 61.8 Å². The number of carbonyl (C=O) groups excluding carboxylic acids is 3. The normalized spacial score (nSPS) is 29.6. The number of rotatable bonds is 2. The van der Waals surface area contributed by atoms with Crippen LogP contribution >= 0.6 is 0 Å². The molecule has 240 valence electrons. The fraction of sp³-hybridized carbons (Fsp3) is 0.636. The van der Waals surface area contributed by atoms with Crippen LogP contribution in [-0.2, 0) is 20.2 Å². The van der Waals surface area contributed by atoms with Crippen molar-refractivity contribution in [2.45, 2.75) is 103 Å². The molecular weight excluding hydrogens is 572 g/mol. The third kappa shape index (κ3) is 6.61. The first-order valence-electron chi connectivity index (χ1n) is 15.5. The third-order valence-electron chi connectivity index (χ3n) is 9.17. The number of alkyl halides is 2. The Kier molecular flexibility index (Phi) is 8.79.